The molecule has 2 aromatic carbocycles. The molecule has 1 fully saturated rings. The van der Waals surface area contributed by atoms with Crippen molar-refractivity contribution in [2.45, 2.75) is 25.8 Å². The van der Waals surface area contributed by atoms with Crippen molar-refractivity contribution in [1.82, 2.24) is 4.98 Å². The maximum absolute atomic E-state index is 13.5. The number of hydrogen-bond acceptors (Lipinski definition) is 4. The van der Waals surface area contributed by atoms with Crippen molar-refractivity contribution in [3.8, 4) is 11.3 Å². The molecule has 154 valence electrons. The van der Waals surface area contributed by atoms with Gasteiger partial charge in [-0.1, -0.05) is 29.8 Å². The van der Waals surface area contributed by atoms with E-state index in [4.69, 9.17) is 10.7 Å². The average Bonchev–Trinajstić information content (AvgIpc) is 3.25. The topological polar surface area (TPSA) is 76.5 Å². The minimum Gasteiger partial charge on any atom is -0.404 e. The van der Waals surface area contributed by atoms with Gasteiger partial charge in [-0.05, 0) is 49.6 Å². The summed E-state index contributed by atoms with van der Waals surface area (Å²) in [7, 11) is 0. The van der Waals surface area contributed by atoms with Crippen molar-refractivity contribution in [1.29, 1.82) is 0 Å². The Morgan fingerprint density at radius 1 is 1.23 bits per heavy atom. The number of anilines is 1. The number of nitrogens with two attached hydrogens (primary N) is 1. The van der Waals surface area contributed by atoms with Gasteiger partial charge >= 0.3 is 0 Å². The second-order valence-electron chi connectivity index (χ2n) is 7.63. The fourth-order valence-electron chi connectivity index (χ4n) is 3.91. The predicted molar refractivity (Wildman–Crippen MR) is 116 cm³/mol. The second kappa shape index (κ2) is 8.63. The molecule has 0 radical (unpaired) electrons. The van der Waals surface area contributed by atoms with Gasteiger partial charge in [-0.3, -0.25) is 4.90 Å². The Labute approximate surface area is 175 Å². The Kier molecular flexibility index (Phi) is 5.77. The van der Waals surface area contributed by atoms with Crippen LogP contribution in [-0.4, -0.2) is 29.3 Å². The van der Waals surface area contributed by atoms with Crippen LogP contribution in [0, 0.1) is 12.7 Å². The van der Waals surface area contributed by atoms with Crippen LogP contribution in [0.5, 0.6) is 0 Å². The first-order valence-electron chi connectivity index (χ1n) is 10.2. The van der Waals surface area contributed by atoms with Gasteiger partial charge in [0.15, 0.2) is 5.69 Å². The highest BCUT2D eigenvalue weighted by Gasteiger charge is 2.31. The molecule has 30 heavy (non-hydrogen) atoms. The van der Waals surface area contributed by atoms with Crippen LogP contribution >= 0.6 is 0 Å². The highest BCUT2D eigenvalue weighted by Crippen LogP contribution is 2.28. The molecular formula is C24H26FN4O+. The zero-order valence-electron chi connectivity index (χ0n) is 17.0. The van der Waals surface area contributed by atoms with Gasteiger partial charge in [-0.15, -0.1) is 4.98 Å². The molecule has 4 rings (SSSR count). The predicted octanol–water partition coefficient (Wildman–Crippen LogP) is 3.32. The van der Waals surface area contributed by atoms with Crippen LogP contribution in [0.25, 0.3) is 16.8 Å². The summed E-state index contributed by atoms with van der Waals surface area (Å²) in [5.41, 5.74) is 10.4. The Morgan fingerprint density at radius 2 is 1.97 bits per heavy atom. The van der Waals surface area contributed by atoms with Gasteiger partial charge in [0, 0.05) is 11.8 Å². The van der Waals surface area contributed by atoms with Gasteiger partial charge < -0.3 is 10.8 Å². The molecule has 4 N–H and O–H groups in total. The molecule has 3 aromatic rings. The molecule has 1 aromatic heterocycles. The number of rotatable bonds is 5. The first-order chi connectivity index (χ1) is 14.6. The van der Waals surface area contributed by atoms with E-state index in [9.17, 15) is 9.50 Å². The summed E-state index contributed by atoms with van der Waals surface area (Å²) < 4.78 is 13.5. The molecule has 0 unspecified atom stereocenters. The fraction of sp³-hybridized carbons (Fsp3) is 0.250. The molecule has 1 aliphatic heterocycles. The molecule has 0 aliphatic carbocycles. The summed E-state index contributed by atoms with van der Waals surface area (Å²) in [6.45, 7) is 2.98. The van der Waals surface area contributed by atoms with E-state index >= 15 is 0 Å². The number of halogens is 1. The van der Waals surface area contributed by atoms with Gasteiger partial charge in [0.2, 0.25) is 5.82 Å². The number of nitrogens with one attached hydrogen (secondary N) is 1. The number of nitrogens with zero attached hydrogens (tertiary/aromatic N) is 2. The van der Waals surface area contributed by atoms with Gasteiger partial charge in [-0.25, -0.2) is 9.37 Å². The summed E-state index contributed by atoms with van der Waals surface area (Å²) in [5.74, 6) is 1.20. The minimum absolute atomic E-state index is 0.0576. The fourth-order valence-corrected chi connectivity index (χ4v) is 3.91. The molecule has 5 nitrogen and oxygen atoms in total. The number of H-pyrrole nitrogens is 1. The normalized spacial score (nSPS) is 16.8. The van der Waals surface area contributed by atoms with Crippen LogP contribution in [0.1, 0.15) is 29.8 Å². The number of aliphatic hydroxyl groups excluding tert-OH is 1. The molecule has 0 amide bonds. The number of benzene rings is 2. The molecule has 0 bridgehead atoms. The third-order valence-electron chi connectivity index (χ3n) is 5.57. The maximum Gasteiger partial charge on any atom is 0.270 e. The van der Waals surface area contributed by atoms with Crippen LogP contribution in [0.2, 0.25) is 0 Å². The molecule has 6 heteroatoms. The third kappa shape index (κ3) is 4.04. The summed E-state index contributed by atoms with van der Waals surface area (Å²) in [6.07, 6.45) is 3.50. The van der Waals surface area contributed by atoms with Crippen molar-refractivity contribution in [2.24, 2.45) is 5.73 Å². The van der Waals surface area contributed by atoms with Crippen LogP contribution < -0.4 is 15.6 Å². The third-order valence-corrected chi connectivity index (χ3v) is 5.57. The Hall–Kier alpha value is -3.25. The van der Waals surface area contributed by atoms with Gasteiger partial charge in [0.25, 0.3) is 5.82 Å². The number of aliphatic hydroxyl groups is 1. The van der Waals surface area contributed by atoms with E-state index < -0.39 is 0 Å². The molecule has 1 aliphatic rings. The van der Waals surface area contributed by atoms with Gasteiger partial charge in [-0.2, -0.15) is 0 Å². The largest absolute Gasteiger partial charge is 0.404 e. The average molecular weight is 405 g/mol. The molecule has 1 saturated heterocycles. The van der Waals surface area contributed by atoms with E-state index in [0.29, 0.717) is 11.5 Å². The maximum atomic E-state index is 13.5. The van der Waals surface area contributed by atoms with Crippen LogP contribution in [0.15, 0.2) is 60.8 Å². The zero-order valence-corrected chi connectivity index (χ0v) is 17.0. The summed E-state index contributed by atoms with van der Waals surface area (Å²) >= 11 is 0. The number of aryl methyl sites for hydroxylation is 1. The standard InChI is InChI=1S/C24H25FN4O/c1-16-4-6-17(7-5-16)21(14-26)24-27-22(18-8-10-19(25)11-9-18)13-23(28-24)29-12-2-3-20(29)15-30/h4-11,13-14,20,30H,2-3,12,15,26H2,1H3/p+1/t20-/m0/s1. The van der Waals surface area contributed by atoms with E-state index in [2.05, 4.69) is 9.88 Å². The van der Waals surface area contributed by atoms with E-state index in [-0.39, 0.29) is 18.5 Å². The molecule has 1 atom stereocenters. The van der Waals surface area contributed by atoms with Crippen LogP contribution in [0.4, 0.5) is 10.2 Å². The van der Waals surface area contributed by atoms with Crippen molar-refractivity contribution in [3.05, 3.63) is 83.6 Å². The van der Waals surface area contributed by atoms with Gasteiger partial charge in [0.05, 0.1) is 30.8 Å². The molecule has 0 saturated carbocycles. The van der Waals surface area contributed by atoms with Crippen LogP contribution in [-0.2, 0) is 0 Å². The lowest BCUT2D eigenvalue weighted by Crippen LogP contribution is -2.37. The number of aromatic nitrogens is 2. The van der Waals surface area contributed by atoms with Crippen LogP contribution in [0.3, 0.4) is 0 Å². The molecule has 2 heterocycles. The molecular weight excluding hydrogens is 379 g/mol. The summed E-state index contributed by atoms with van der Waals surface area (Å²) in [6, 6.07) is 16.4. The summed E-state index contributed by atoms with van der Waals surface area (Å²) in [4.78, 5) is 10.4. The smallest absolute Gasteiger partial charge is 0.270 e. The van der Waals surface area contributed by atoms with Crippen molar-refractivity contribution in [2.75, 3.05) is 18.1 Å². The summed E-state index contributed by atoms with van der Waals surface area (Å²) in [5, 5.41) is 9.80. The minimum atomic E-state index is -0.288. The monoisotopic (exact) mass is 405 g/mol. The van der Waals surface area contributed by atoms with Crippen molar-refractivity contribution < 1.29 is 14.5 Å². The molecule has 0 spiro atoms. The zero-order chi connectivity index (χ0) is 21.1. The Balaban J connectivity index is 1.84. The first kappa shape index (κ1) is 20.0. The lowest BCUT2D eigenvalue weighted by molar-refractivity contribution is -0.372. The van der Waals surface area contributed by atoms with E-state index in [1.807, 2.05) is 37.3 Å². The number of hydrogen-bond donors (Lipinski definition) is 2. The quantitative estimate of drug-likeness (QED) is 0.683. The lowest BCUT2D eigenvalue weighted by atomic mass is 10.0. The van der Waals surface area contributed by atoms with E-state index in [0.717, 1.165) is 47.5 Å². The van der Waals surface area contributed by atoms with E-state index in [1.165, 1.54) is 12.1 Å². The lowest BCUT2D eigenvalue weighted by Gasteiger charge is -2.20. The first-order valence-corrected chi connectivity index (χ1v) is 10.2. The Morgan fingerprint density at radius 3 is 2.63 bits per heavy atom. The van der Waals surface area contributed by atoms with Crippen molar-refractivity contribution in [3.63, 3.8) is 0 Å². The Bertz CT molecular complexity index is 1050. The second-order valence-corrected chi connectivity index (χ2v) is 7.63. The SMILES string of the molecule is Cc1ccc(C(=CN)c2nc(-c3ccc(F)cc3)cc(N3CCC[C@H]3CO)[nH+]2)cc1. The van der Waals surface area contributed by atoms with Gasteiger partial charge in [0.1, 0.15) is 5.82 Å². The highest BCUT2D eigenvalue weighted by molar-refractivity contribution is 5.76. The van der Waals surface area contributed by atoms with E-state index in [1.54, 1.807) is 18.3 Å². The van der Waals surface area contributed by atoms with Crippen molar-refractivity contribution >= 4 is 11.4 Å². The number of aromatic amines is 1. The highest BCUT2D eigenvalue weighted by atomic mass is 19.1.